The van der Waals surface area contributed by atoms with Crippen LogP contribution in [0.4, 0.5) is 0 Å². The first-order valence-corrected chi connectivity index (χ1v) is 7.76. The molecule has 0 aliphatic heterocycles. The second kappa shape index (κ2) is 8.23. The van der Waals surface area contributed by atoms with Crippen molar-refractivity contribution in [3.8, 4) is 0 Å². The van der Waals surface area contributed by atoms with Crippen LogP contribution in [0.25, 0.3) is 0 Å². The lowest BCUT2D eigenvalue weighted by atomic mass is 10.2. The second-order valence-electron chi connectivity index (χ2n) is 3.50. The highest BCUT2D eigenvalue weighted by molar-refractivity contribution is 8.76. The molecule has 0 amide bonds. The van der Waals surface area contributed by atoms with Gasteiger partial charge in [0.1, 0.15) is 0 Å². The van der Waals surface area contributed by atoms with Crippen molar-refractivity contribution in [3.05, 3.63) is 71.8 Å². The molecule has 0 bridgehead atoms. The highest BCUT2D eigenvalue weighted by Gasteiger charge is 1.94. The summed E-state index contributed by atoms with van der Waals surface area (Å²) in [6.45, 7) is 0. The van der Waals surface area contributed by atoms with Crippen LogP contribution in [0.1, 0.15) is 11.1 Å². The Morgan fingerprint density at radius 2 is 0.941 bits per heavy atom. The summed E-state index contributed by atoms with van der Waals surface area (Å²) in [7, 11) is 3.84. The second-order valence-corrected chi connectivity index (χ2v) is 5.96. The summed E-state index contributed by atoms with van der Waals surface area (Å²) < 4.78 is 0. The van der Waals surface area contributed by atoms with E-state index in [1.807, 2.05) is 21.6 Å². The van der Waals surface area contributed by atoms with E-state index in [1.165, 1.54) is 11.1 Å². The number of rotatable bonds is 5. The lowest BCUT2D eigenvalue weighted by Crippen LogP contribution is -1.78. The van der Waals surface area contributed by atoms with Gasteiger partial charge < -0.3 is 5.48 Å². The Hall–Kier alpha value is -0.900. The monoisotopic (exact) mass is 264 g/mol. The lowest BCUT2D eigenvalue weighted by molar-refractivity contribution is 0.824. The van der Waals surface area contributed by atoms with Gasteiger partial charge in [-0.3, -0.25) is 0 Å². The first-order chi connectivity index (χ1) is 7.95. The molecule has 0 spiro atoms. The van der Waals surface area contributed by atoms with Crippen molar-refractivity contribution in [2.75, 3.05) is 0 Å². The largest absolute Gasteiger partial charge is 0.412 e. The van der Waals surface area contributed by atoms with Crippen LogP contribution in [0.5, 0.6) is 0 Å². The van der Waals surface area contributed by atoms with Gasteiger partial charge in [-0.1, -0.05) is 82.3 Å². The SMILES string of the molecule is O.c1ccc(CSSCc2ccccc2)cc1. The standard InChI is InChI=1S/C14H14S2.H2O/c1-3-7-13(8-4-1)11-15-16-12-14-9-5-2-6-10-14;/h1-10H,11-12H2;1H2. The molecule has 2 aromatic rings. The van der Waals surface area contributed by atoms with Crippen molar-refractivity contribution in [1.82, 2.24) is 0 Å². The maximum Gasteiger partial charge on any atom is 0.0288 e. The smallest absolute Gasteiger partial charge is 0.0288 e. The van der Waals surface area contributed by atoms with Crippen LogP contribution in [0.15, 0.2) is 60.7 Å². The minimum Gasteiger partial charge on any atom is -0.412 e. The first-order valence-electron chi connectivity index (χ1n) is 5.27. The maximum absolute atomic E-state index is 2.18. The van der Waals surface area contributed by atoms with Gasteiger partial charge >= 0.3 is 0 Å². The third-order valence-electron chi connectivity index (χ3n) is 2.22. The third kappa shape index (κ3) is 5.31. The molecule has 0 aliphatic carbocycles. The molecule has 2 aromatic carbocycles. The third-order valence-corrected chi connectivity index (χ3v) is 4.50. The van der Waals surface area contributed by atoms with Crippen LogP contribution in [0.2, 0.25) is 0 Å². The lowest BCUT2D eigenvalue weighted by Gasteiger charge is -2.01. The summed E-state index contributed by atoms with van der Waals surface area (Å²) >= 11 is 0. The van der Waals surface area contributed by atoms with Gasteiger partial charge in [0.15, 0.2) is 0 Å². The van der Waals surface area contributed by atoms with E-state index in [2.05, 4.69) is 60.7 Å². The molecule has 0 aromatic heterocycles. The maximum atomic E-state index is 2.18. The summed E-state index contributed by atoms with van der Waals surface area (Å²) in [5.74, 6) is 2.16. The molecule has 0 aliphatic rings. The molecule has 1 nitrogen and oxygen atoms in total. The summed E-state index contributed by atoms with van der Waals surface area (Å²) in [6, 6.07) is 21.2. The zero-order chi connectivity index (χ0) is 11.1. The average molecular weight is 264 g/mol. The fourth-order valence-electron chi connectivity index (χ4n) is 1.37. The molecule has 90 valence electrons. The van der Waals surface area contributed by atoms with Crippen LogP contribution in [-0.4, -0.2) is 5.48 Å². The molecule has 0 saturated carbocycles. The molecule has 2 rings (SSSR count). The molecule has 0 atom stereocenters. The zero-order valence-electron chi connectivity index (χ0n) is 9.50. The van der Waals surface area contributed by atoms with Crippen LogP contribution in [-0.2, 0) is 11.5 Å². The average Bonchev–Trinajstić information content (AvgIpc) is 2.37. The van der Waals surface area contributed by atoms with E-state index in [0.717, 1.165) is 11.5 Å². The summed E-state index contributed by atoms with van der Waals surface area (Å²) in [6.07, 6.45) is 0. The summed E-state index contributed by atoms with van der Waals surface area (Å²) in [5.41, 5.74) is 2.79. The van der Waals surface area contributed by atoms with Crippen LogP contribution < -0.4 is 0 Å². The summed E-state index contributed by atoms with van der Waals surface area (Å²) in [4.78, 5) is 0. The van der Waals surface area contributed by atoms with Crippen molar-refractivity contribution in [1.29, 1.82) is 0 Å². The van der Waals surface area contributed by atoms with E-state index >= 15 is 0 Å². The first kappa shape index (κ1) is 14.2. The minimum atomic E-state index is 0. The fraction of sp³-hybridized carbons (Fsp3) is 0.143. The van der Waals surface area contributed by atoms with Gasteiger partial charge in [0, 0.05) is 11.5 Å². The van der Waals surface area contributed by atoms with Crippen LogP contribution in [0, 0.1) is 0 Å². The number of hydrogen-bond acceptors (Lipinski definition) is 2. The van der Waals surface area contributed by atoms with Gasteiger partial charge in [-0.05, 0) is 11.1 Å². The van der Waals surface area contributed by atoms with Crippen molar-refractivity contribution >= 4 is 21.6 Å². The van der Waals surface area contributed by atoms with Gasteiger partial charge in [-0.25, -0.2) is 0 Å². The Labute approximate surface area is 110 Å². The Balaban J connectivity index is 0.00000144. The number of benzene rings is 2. The molecule has 0 radical (unpaired) electrons. The van der Waals surface area contributed by atoms with Gasteiger partial charge in [0.25, 0.3) is 0 Å². The van der Waals surface area contributed by atoms with E-state index in [9.17, 15) is 0 Å². The minimum absolute atomic E-state index is 0. The van der Waals surface area contributed by atoms with E-state index in [4.69, 9.17) is 0 Å². The molecule has 17 heavy (non-hydrogen) atoms. The normalized spacial score (nSPS) is 9.65. The zero-order valence-corrected chi connectivity index (χ0v) is 11.1. The molecule has 2 N–H and O–H groups in total. The van der Waals surface area contributed by atoms with Crippen molar-refractivity contribution < 1.29 is 5.48 Å². The highest BCUT2D eigenvalue weighted by atomic mass is 33.1. The predicted octanol–water partition coefficient (Wildman–Crippen LogP) is 3.94. The molecule has 3 heteroatoms. The van der Waals surface area contributed by atoms with E-state index in [0.29, 0.717) is 0 Å². The molecular weight excluding hydrogens is 248 g/mol. The summed E-state index contributed by atoms with van der Waals surface area (Å²) in [5, 5.41) is 0. The molecule has 0 saturated heterocycles. The van der Waals surface area contributed by atoms with Gasteiger partial charge in [0.2, 0.25) is 0 Å². The van der Waals surface area contributed by atoms with E-state index in [1.54, 1.807) is 0 Å². The topological polar surface area (TPSA) is 31.5 Å². The van der Waals surface area contributed by atoms with Crippen LogP contribution in [0.3, 0.4) is 0 Å². The molecule has 0 fully saturated rings. The Morgan fingerprint density at radius 1 is 0.588 bits per heavy atom. The Morgan fingerprint density at radius 3 is 1.29 bits per heavy atom. The quantitative estimate of drug-likeness (QED) is 0.605. The van der Waals surface area contributed by atoms with E-state index < -0.39 is 0 Å². The van der Waals surface area contributed by atoms with Crippen molar-refractivity contribution in [3.63, 3.8) is 0 Å². The van der Waals surface area contributed by atoms with Crippen molar-refractivity contribution in [2.24, 2.45) is 0 Å². The van der Waals surface area contributed by atoms with Gasteiger partial charge in [-0.15, -0.1) is 0 Å². The Kier molecular flexibility index (Phi) is 6.86. The van der Waals surface area contributed by atoms with E-state index in [-0.39, 0.29) is 5.48 Å². The highest BCUT2D eigenvalue weighted by Crippen LogP contribution is 2.29. The van der Waals surface area contributed by atoms with Crippen molar-refractivity contribution in [2.45, 2.75) is 11.5 Å². The van der Waals surface area contributed by atoms with Crippen LogP contribution >= 0.6 is 21.6 Å². The fourth-order valence-corrected chi connectivity index (χ4v) is 3.51. The Bertz CT molecular complexity index is 362. The van der Waals surface area contributed by atoms with Gasteiger partial charge in [-0.2, -0.15) is 0 Å². The van der Waals surface area contributed by atoms with Gasteiger partial charge in [0.05, 0.1) is 0 Å². The predicted molar refractivity (Wildman–Crippen MR) is 79.1 cm³/mol. The molecule has 0 heterocycles. The molecule has 0 unspecified atom stereocenters. The molecular formula is C14H16OS2. The number of hydrogen-bond donors (Lipinski definition) is 0.